The van der Waals surface area contributed by atoms with Crippen LogP contribution in [0.2, 0.25) is 0 Å². The summed E-state index contributed by atoms with van der Waals surface area (Å²) >= 11 is 1.11. The second-order valence-electron chi connectivity index (χ2n) is 5.64. The van der Waals surface area contributed by atoms with Crippen molar-refractivity contribution in [1.29, 1.82) is 0 Å². The summed E-state index contributed by atoms with van der Waals surface area (Å²) in [5.74, 6) is -0.637. The number of nitrogens with zero attached hydrogens (tertiary/aromatic N) is 1. The summed E-state index contributed by atoms with van der Waals surface area (Å²) in [7, 11) is 0. The van der Waals surface area contributed by atoms with E-state index in [0.29, 0.717) is 22.3 Å². The lowest BCUT2D eigenvalue weighted by Gasteiger charge is -2.00. The number of thiazole rings is 1. The number of ether oxygens (including phenoxy) is 1. The third-order valence-corrected chi connectivity index (χ3v) is 4.72. The van der Waals surface area contributed by atoms with Crippen molar-refractivity contribution in [3.05, 3.63) is 46.2 Å². The first-order valence-electron chi connectivity index (χ1n) is 7.89. The minimum atomic E-state index is -0.422. The van der Waals surface area contributed by atoms with Crippen molar-refractivity contribution in [3.63, 3.8) is 0 Å². The predicted octanol–water partition coefficient (Wildman–Crippen LogP) is 3.86. The minimum absolute atomic E-state index is 0.170. The molecule has 0 atom stereocenters. The van der Waals surface area contributed by atoms with Gasteiger partial charge in [0.25, 0.3) is 0 Å². The zero-order valence-electron chi connectivity index (χ0n) is 14.2. The lowest BCUT2D eigenvalue weighted by molar-refractivity contribution is -0.115. The van der Waals surface area contributed by atoms with Crippen LogP contribution in [0.1, 0.15) is 33.4 Å². The van der Waals surface area contributed by atoms with Gasteiger partial charge in [0.15, 0.2) is 5.13 Å². The van der Waals surface area contributed by atoms with Crippen molar-refractivity contribution in [2.24, 2.45) is 0 Å². The van der Waals surface area contributed by atoms with Crippen molar-refractivity contribution < 1.29 is 18.7 Å². The summed E-state index contributed by atoms with van der Waals surface area (Å²) in [4.78, 5) is 28.7. The lowest BCUT2D eigenvalue weighted by atomic mass is 10.1. The van der Waals surface area contributed by atoms with E-state index in [1.165, 1.54) is 0 Å². The Labute approximate surface area is 148 Å². The van der Waals surface area contributed by atoms with Gasteiger partial charge in [-0.05, 0) is 32.4 Å². The molecule has 6 nitrogen and oxygen atoms in total. The van der Waals surface area contributed by atoms with Gasteiger partial charge in [-0.3, -0.25) is 4.79 Å². The number of benzene rings is 1. The van der Waals surface area contributed by atoms with E-state index in [1.807, 2.05) is 25.1 Å². The molecule has 2 aromatic heterocycles. The molecule has 1 aromatic carbocycles. The topological polar surface area (TPSA) is 81.4 Å². The fourth-order valence-electron chi connectivity index (χ4n) is 2.50. The van der Waals surface area contributed by atoms with E-state index in [4.69, 9.17) is 9.15 Å². The zero-order valence-corrected chi connectivity index (χ0v) is 15.0. The van der Waals surface area contributed by atoms with Gasteiger partial charge in [0.2, 0.25) is 5.91 Å². The van der Waals surface area contributed by atoms with E-state index in [0.717, 1.165) is 33.4 Å². The van der Waals surface area contributed by atoms with Gasteiger partial charge in [-0.15, -0.1) is 0 Å². The van der Waals surface area contributed by atoms with Gasteiger partial charge in [0.1, 0.15) is 10.5 Å². The highest BCUT2D eigenvalue weighted by molar-refractivity contribution is 7.17. The summed E-state index contributed by atoms with van der Waals surface area (Å²) in [6, 6.07) is 5.87. The fourth-order valence-corrected chi connectivity index (χ4v) is 3.38. The van der Waals surface area contributed by atoms with E-state index in [9.17, 15) is 9.59 Å². The molecule has 3 aromatic rings. The van der Waals surface area contributed by atoms with Gasteiger partial charge in [-0.2, -0.15) is 0 Å². The molecule has 0 aliphatic rings. The Morgan fingerprint density at radius 1 is 1.32 bits per heavy atom. The standard InChI is InChI=1S/C18H18N2O4S/c1-4-23-17(22)16-11(3)19-18(25-16)20-15(21)8-12-9-24-14-7-10(2)5-6-13(12)14/h5-7,9H,4,8H2,1-3H3,(H,19,20,21). The highest BCUT2D eigenvalue weighted by Crippen LogP contribution is 2.25. The molecule has 0 fully saturated rings. The second kappa shape index (κ2) is 7.06. The molecule has 130 valence electrons. The van der Waals surface area contributed by atoms with E-state index in [1.54, 1.807) is 20.1 Å². The largest absolute Gasteiger partial charge is 0.464 e. The molecule has 0 radical (unpaired) electrons. The highest BCUT2D eigenvalue weighted by atomic mass is 32.1. The van der Waals surface area contributed by atoms with Crippen molar-refractivity contribution in [2.75, 3.05) is 11.9 Å². The molecule has 1 amide bonds. The number of carbonyl (C=O) groups is 2. The van der Waals surface area contributed by atoms with Crippen molar-refractivity contribution in [1.82, 2.24) is 4.98 Å². The number of nitrogens with one attached hydrogen (secondary N) is 1. The maximum atomic E-state index is 12.3. The van der Waals surface area contributed by atoms with Gasteiger partial charge >= 0.3 is 5.97 Å². The minimum Gasteiger partial charge on any atom is -0.464 e. The maximum Gasteiger partial charge on any atom is 0.350 e. The van der Waals surface area contributed by atoms with Crippen LogP contribution in [0.3, 0.4) is 0 Å². The average Bonchev–Trinajstić information content (AvgIpc) is 3.11. The highest BCUT2D eigenvalue weighted by Gasteiger charge is 2.18. The Morgan fingerprint density at radius 2 is 2.12 bits per heavy atom. The van der Waals surface area contributed by atoms with Crippen LogP contribution < -0.4 is 5.32 Å². The van der Waals surface area contributed by atoms with Crippen LogP contribution in [0.15, 0.2) is 28.9 Å². The monoisotopic (exact) mass is 358 g/mol. The quantitative estimate of drug-likeness (QED) is 0.700. The summed E-state index contributed by atoms with van der Waals surface area (Å²) < 4.78 is 10.5. The molecular formula is C18H18N2O4S. The molecule has 1 N–H and O–H groups in total. The number of furan rings is 1. The van der Waals surface area contributed by atoms with E-state index >= 15 is 0 Å². The van der Waals surface area contributed by atoms with Crippen molar-refractivity contribution in [2.45, 2.75) is 27.2 Å². The number of fused-ring (bicyclic) bond motifs is 1. The SMILES string of the molecule is CCOC(=O)c1sc(NC(=O)Cc2coc3cc(C)ccc23)nc1C. The summed E-state index contributed by atoms with van der Waals surface area (Å²) in [6.45, 7) is 5.74. The van der Waals surface area contributed by atoms with Crippen molar-refractivity contribution >= 4 is 39.3 Å². The van der Waals surface area contributed by atoms with E-state index in [-0.39, 0.29) is 12.3 Å². The van der Waals surface area contributed by atoms with Crippen LogP contribution in [0.5, 0.6) is 0 Å². The van der Waals surface area contributed by atoms with Gasteiger partial charge in [-0.1, -0.05) is 23.5 Å². The molecule has 0 saturated carbocycles. The first kappa shape index (κ1) is 17.2. The number of carbonyl (C=O) groups excluding carboxylic acids is 2. The van der Waals surface area contributed by atoms with Gasteiger partial charge in [0.05, 0.1) is 25.0 Å². The summed E-state index contributed by atoms with van der Waals surface area (Å²) in [5.41, 5.74) is 3.22. The Hall–Kier alpha value is -2.67. The van der Waals surface area contributed by atoms with Crippen LogP contribution >= 0.6 is 11.3 Å². The first-order valence-corrected chi connectivity index (χ1v) is 8.70. The lowest BCUT2D eigenvalue weighted by Crippen LogP contribution is -2.13. The molecule has 7 heteroatoms. The molecule has 0 bridgehead atoms. The molecule has 0 unspecified atom stereocenters. The van der Waals surface area contributed by atoms with E-state index in [2.05, 4.69) is 10.3 Å². The number of aromatic nitrogens is 1. The number of anilines is 1. The smallest absolute Gasteiger partial charge is 0.350 e. The molecule has 2 heterocycles. The summed E-state index contributed by atoms with van der Waals surface area (Å²) in [5, 5.41) is 4.04. The Balaban J connectivity index is 1.72. The van der Waals surface area contributed by atoms with Crippen molar-refractivity contribution in [3.8, 4) is 0 Å². The summed E-state index contributed by atoms with van der Waals surface area (Å²) in [6.07, 6.45) is 1.77. The Bertz CT molecular complexity index is 942. The molecule has 0 aliphatic carbocycles. The predicted molar refractivity (Wildman–Crippen MR) is 96.1 cm³/mol. The molecule has 3 rings (SSSR count). The number of esters is 1. The van der Waals surface area contributed by atoms with Crippen LogP contribution in [0.4, 0.5) is 5.13 Å². The number of amides is 1. The normalized spacial score (nSPS) is 10.8. The van der Waals surface area contributed by atoms with Crippen LogP contribution in [-0.2, 0) is 16.0 Å². The van der Waals surface area contributed by atoms with E-state index < -0.39 is 5.97 Å². The van der Waals surface area contributed by atoms with Crippen LogP contribution in [0, 0.1) is 13.8 Å². The number of aryl methyl sites for hydroxylation is 2. The number of hydrogen-bond donors (Lipinski definition) is 1. The Morgan fingerprint density at radius 3 is 2.88 bits per heavy atom. The number of hydrogen-bond acceptors (Lipinski definition) is 6. The zero-order chi connectivity index (χ0) is 18.0. The average molecular weight is 358 g/mol. The van der Waals surface area contributed by atoms with Crippen LogP contribution in [0.25, 0.3) is 11.0 Å². The van der Waals surface area contributed by atoms with Gasteiger partial charge in [0, 0.05) is 10.9 Å². The second-order valence-corrected chi connectivity index (χ2v) is 6.64. The molecule has 25 heavy (non-hydrogen) atoms. The number of rotatable bonds is 5. The first-order chi connectivity index (χ1) is 12.0. The molecule has 0 spiro atoms. The molecular weight excluding hydrogens is 340 g/mol. The Kier molecular flexibility index (Phi) is 4.85. The maximum absolute atomic E-state index is 12.3. The third kappa shape index (κ3) is 3.71. The third-order valence-electron chi connectivity index (χ3n) is 3.67. The molecule has 0 saturated heterocycles. The fraction of sp³-hybridized carbons (Fsp3) is 0.278. The van der Waals surface area contributed by atoms with Gasteiger partial charge < -0.3 is 14.5 Å². The van der Waals surface area contributed by atoms with Gasteiger partial charge in [-0.25, -0.2) is 9.78 Å². The molecule has 0 aliphatic heterocycles. The van der Waals surface area contributed by atoms with Crippen LogP contribution in [-0.4, -0.2) is 23.5 Å².